The van der Waals surface area contributed by atoms with Gasteiger partial charge in [-0.25, -0.2) is 0 Å². The second-order valence-electron chi connectivity index (χ2n) is 7.84. The summed E-state index contributed by atoms with van der Waals surface area (Å²) in [7, 11) is 3.43. The quantitative estimate of drug-likeness (QED) is 0.833. The molecule has 0 aromatic heterocycles. The van der Waals surface area contributed by atoms with E-state index in [2.05, 4.69) is 6.07 Å². The summed E-state index contributed by atoms with van der Waals surface area (Å²) in [5, 5.41) is 0. The normalized spacial score (nSPS) is 46.6. The molecular weight excluding hydrogens is 308 g/mol. The molecule has 3 saturated heterocycles. The fourth-order valence-electron chi connectivity index (χ4n) is 6.41. The molecule has 1 aromatic carbocycles. The summed E-state index contributed by atoms with van der Waals surface area (Å²) < 4.78 is 30.5. The number of hydrogen-bond acceptors (Lipinski definition) is 5. The standard InChI is InChI=1S/C19H22O5/c1-20-10-7-11-14(12(8-10)21-2)15-17-22-13-9-18(16(11)23-17)5-3-4-6-19(15,18)24-13/h7-8,13,15-17H,3-6,9H2,1-2H3/t13-,15+,16+,17-,18+,19-/m1/s1. The van der Waals surface area contributed by atoms with Crippen molar-refractivity contribution in [2.24, 2.45) is 5.41 Å². The summed E-state index contributed by atoms with van der Waals surface area (Å²) in [6.45, 7) is 0. The van der Waals surface area contributed by atoms with Gasteiger partial charge in [-0.1, -0.05) is 12.8 Å². The van der Waals surface area contributed by atoms with E-state index in [0.717, 1.165) is 30.8 Å². The molecule has 0 unspecified atom stereocenters. The van der Waals surface area contributed by atoms with Crippen LogP contribution in [0, 0.1) is 5.41 Å². The number of benzene rings is 1. The van der Waals surface area contributed by atoms with Gasteiger partial charge >= 0.3 is 0 Å². The minimum Gasteiger partial charge on any atom is -0.497 e. The summed E-state index contributed by atoms with van der Waals surface area (Å²) in [5.74, 6) is 1.79. The summed E-state index contributed by atoms with van der Waals surface area (Å²) in [5.41, 5.74) is 2.34. The van der Waals surface area contributed by atoms with Gasteiger partial charge in [-0.15, -0.1) is 0 Å². The van der Waals surface area contributed by atoms with Crippen LogP contribution in [0.5, 0.6) is 11.5 Å². The fourth-order valence-corrected chi connectivity index (χ4v) is 6.41. The zero-order valence-corrected chi connectivity index (χ0v) is 14.0. The Labute approximate surface area is 141 Å². The first kappa shape index (κ1) is 13.9. The molecular formula is C19H22O5. The van der Waals surface area contributed by atoms with Crippen LogP contribution in [0.15, 0.2) is 12.1 Å². The summed E-state index contributed by atoms with van der Waals surface area (Å²) in [4.78, 5) is 0. The van der Waals surface area contributed by atoms with Crippen molar-refractivity contribution in [1.82, 2.24) is 0 Å². The first-order valence-electron chi connectivity index (χ1n) is 8.97. The molecule has 5 nitrogen and oxygen atoms in total. The van der Waals surface area contributed by atoms with E-state index in [1.807, 2.05) is 6.07 Å². The van der Waals surface area contributed by atoms with Crippen LogP contribution in [0.4, 0.5) is 0 Å². The smallest absolute Gasteiger partial charge is 0.171 e. The highest BCUT2D eigenvalue weighted by Gasteiger charge is 2.78. The highest BCUT2D eigenvalue weighted by molar-refractivity contribution is 5.56. The lowest BCUT2D eigenvalue weighted by atomic mass is 9.49. The maximum atomic E-state index is 6.57. The third kappa shape index (κ3) is 1.30. The molecule has 4 aliphatic heterocycles. The Kier molecular flexibility index (Phi) is 2.47. The van der Waals surface area contributed by atoms with Crippen LogP contribution in [0.3, 0.4) is 0 Å². The number of fused-ring (bicyclic) bond motifs is 1. The lowest BCUT2D eigenvalue weighted by molar-refractivity contribution is -0.386. The van der Waals surface area contributed by atoms with Gasteiger partial charge in [0, 0.05) is 23.5 Å². The topological polar surface area (TPSA) is 46.2 Å². The Hall–Kier alpha value is -1.30. The van der Waals surface area contributed by atoms with E-state index in [1.54, 1.807) is 14.2 Å². The molecule has 1 aromatic rings. The lowest BCUT2D eigenvalue weighted by Gasteiger charge is -2.64. The number of ether oxygens (including phenoxy) is 5. The van der Waals surface area contributed by atoms with Crippen molar-refractivity contribution in [2.75, 3.05) is 14.2 Å². The van der Waals surface area contributed by atoms with Gasteiger partial charge in [0.15, 0.2) is 12.6 Å². The first-order chi connectivity index (χ1) is 11.7. The third-order valence-electron chi connectivity index (χ3n) is 7.17. The van der Waals surface area contributed by atoms with Crippen molar-refractivity contribution in [3.05, 3.63) is 23.3 Å². The molecule has 5 bridgehead atoms. The highest BCUT2D eigenvalue weighted by atomic mass is 16.8. The van der Waals surface area contributed by atoms with Crippen LogP contribution in [0.2, 0.25) is 0 Å². The second-order valence-corrected chi connectivity index (χ2v) is 7.84. The van der Waals surface area contributed by atoms with Crippen LogP contribution in [-0.4, -0.2) is 32.4 Å². The van der Waals surface area contributed by atoms with Crippen LogP contribution >= 0.6 is 0 Å². The monoisotopic (exact) mass is 330 g/mol. The molecule has 0 radical (unpaired) electrons. The summed E-state index contributed by atoms with van der Waals surface area (Å²) in [6, 6.07) is 4.11. The predicted octanol–water partition coefficient (Wildman–Crippen LogP) is 3.27. The van der Waals surface area contributed by atoms with Crippen LogP contribution < -0.4 is 9.47 Å². The lowest BCUT2D eigenvalue weighted by Crippen LogP contribution is -2.66. The van der Waals surface area contributed by atoms with Gasteiger partial charge in [-0.05, 0) is 24.5 Å². The largest absolute Gasteiger partial charge is 0.497 e. The highest BCUT2D eigenvalue weighted by Crippen LogP contribution is 2.76. The summed E-state index contributed by atoms with van der Waals surface area (Å²) >= 11 is 0. The minimum atomic E-state index is -0.211. The van der Waals surface area contributed by atoms with Crippen molar-refractivity contribution < 1.29 is 23.7 Å². The van der Waals surface area contributed by atoms with Gasteiger partial charge in [0.05, 0.1) is 31.8 Å². The van der Waals surface area contributed by atoms with E-state index < -0.39 is 0 Å². The number of methoxy groups -OCH3 is 2. The molecule has 6 aliphatic rings. The molecule has 24 heavy (non-hydrogen) atoms. The molecule has 2 aliphatic carbocycles. The number of rotatable bonds is 2. The zero-order chi connectivity index (χ0) is 16.1. The van der Waals surface area contributed by atoms with Gasteiger partial charge < -0.3 is 23.7 Å². The molecule has 4 heterocycles. The van der Waals surface area contributed by atoms with E-state index in [4.69, 9.17) is 23.7 Å². The van der Waals surface area contributed by atoms with Crippen LogP contribution in [0.25, 0.3) is 0 Å². The minimum absolute atomic E-state index is 0.0132. The van der Waals surface area contributed by atoms with Crippen molar-refractivity contribution in [3.8, 4) is 11.5 Å². The molecule has 7 rings (SSSR count). The molecule has 4 fully saturated rings. The van der Waals surface area contributed by atoms with E-state index >= 15 is 0 Å². The summed E-state index contributed by atoms with van der Waals surface area (Å²) in [6.07, 6.45) is 5.35. The Morgan fingerprint density at radius 1 is 1.08 bits per heavy atom. The first-order valence-corrected chi connectivity index (χ1v) is 8.97. The average molecular weight is 330 g/mol. The van der Waals surface area contributed by atoms with Crippen LogP contribution in [-0.2, 0) is 14.2 Å². The van der Waals surface area contributed by atoms with E-state index in [-0.39, 0.29) is 35.6 Å². The zero-order valence-electron chi connectivity index (χ0n) is 14.0. The Bertz CT molecular complexity index is 733. The van der Waals surface area contributed by atoms with E-state index in [1.165, 1.54) is 24.0 Å². The molecule has 6 atom stereocenters. The van der Waals surface area contributed by atoms with Gasteiger partial charge in [-0.3, -0.25) is 0 Å². The Morgan fingerprint density at radius 3 is 2.79 bits per heavy atom. The maximum Gasteiger partial charge on any atom is 0.171 e. The van der Waals surface area contributed by atoms with Crippen molar-refractivity contribution in [2.45, 2.75) is 62.3 Å². The SMILES string of the molecule is COc1cc(OC)c2c(c1)[C@@H]1O[C@H]3O[C@H]4C[C@@]15CCCC[C@@]5(O4)[C@@H]23. The van der Waals surface area contributed by atoms with E-state index in [0.29, 0.717) is 0 Å². The van der Waals surface area contributed by atoms with Gasteiger partial charge in [0.2, 0.25) is 0 Å². The molecule has 1 spiro atoms. The predicted molar refractivity (Wildman–Crippen MR) is 84.1 cm³/mol. The van der Waals surface area contributed by atoms with Crippen molar-refractivity contribution in [1.29, 1.82) is 0 Å². The molecule has 0 amide bonds. The molecule has 0 N–H and O–H groups in total. The van der Waals surface area contributed by atoms with Crippen molar-refractivity contribution >= 4 is 0 Å². The maximum absolute atomic E-state index is 6.57. The van der Waals surface area contributed by atoms with Gasteiger partial charge in [-0.2, -0.15) is 0 Å². The molecule has 5 heteroatoms. The number of hydrogen-bond donors (Lipinski definition) is 0. The van der Waals surface area contributed by atoms with Gasteiger partial charge in [0.25, 0.3) is 0 Å². The third-order valence-corrected chi connectivity index (χ3v) is 7.17. The molecule has 128 valence electrons. The fraction of sp³-hybridized carbons (Fsp3) is 0.684. The average Bonchev–Trinajstić information content (AvgIpc) is 2.84. The van der Waals surface area contributed by atoms with E-state index in [9.17, 15) is 0 Å². The molecule has 1 saturated carbocycles. The van der Waals surface area contributed by atoms with Crippen LogP contribution in [0.1, 0.15) is 55.3 Å². The Balaban J connectivity index is 1.67. The second kappa shape index (κ2) is 4.26. The Morgan fingerprint density at radius 2 is 1.96 bits per heavy atom. The van der Waals surface area contributed by atoms with Gasteiger partial charge in [0.1, 0.15) is 11.5 Å². The van der Waals surface area contributed by atoms with Crippen molar-refractivity contribution in [3.63, 3.8) is 0 Å².